The Labute approximate surface area is 192 Å². The van der Waals surface area contributed by atoms with Gasteiger partial charge in [-0.2, -0.15) is 8.42 Å². The molecule has 0 saturated carbocycles. The number of hydrogen-bond donors (Lipinski definition) is 0. The zero-order chi connectivity index (χ0) is 24.0. The Hall–Kier alpha value is -3.20. The van der Waals surface area contributed by atoms with Crippen LogP contribution < -0.4 is 9.81 Å². The van der Waals surface area contributed by atoms with Gasteiger partial charge in [0.25, 0.3) is 0 Å². The molecule has 0 N–H and O–H groups in total. The molecule has 0 unspecified atom stereocenters. The third-order valence-electron chi connectivity index (χ3n) is 5.47. The van der Waals surface area contributed by atoms with E-state index in [-0.39, 0.29) is 10.5 Å². The van der Waals surface area contributed by atoms with Crippen molar-refractivity contribution in [2.24, 2.45) is 0 Å². The highest BCUT2D eigenvalue weighted by Crippen LogP contribution is 2.37. The topological polar surface area (TPSA) is 117 Å². The van der Waals surface area contributed by atoms with Gasteiger partial charge in [-0.15, -0.1) is 0 Å². The molecule has 1 heterocycles. The number of nitrogens with zero attached hydrogens (tertiary/aromatic N) is 1. The van der Waals surface area contributed by atoms with E-state index in [1.807, 2.05) is 0 Å². The summed E-state index contributed by atoms with van der Waals surface area (Å²) in [6.07, 6.45) is 7.88. The van der Waals surface area contributed by atoms with Crippen LogP contribution >= 0.6 is 0 Å². The lowest BCUT2D eigenvalue weighted by Gasteiger charge is -2.10. The molecule has 1 aromatic heterocycles. The Morgan fingerprint density at radius 3 is 2.33 bits per heavy atom. The lowest BCUT2D eigenvalue weighted by molar-refractivity contribution is -0.384. The maximum Gasteiger partial charge on any atom is 0.355 e. The van der Waals surface area contributed by atoms with Crippen molar-refractivity contribution in [1.82, 2.24) is 0 Å². The van der Waals surface area contributed by atoms with Crippen LogP contribution in [-0.4, -0.2) is 13.3 Å². The second-order valence-corrected chi connectivity index (χ2v) is 9.54. The van der Waals surface area contributed by atoms with E-state index in [1.165, 1.54) is 56.0 Å². The predicted octanol–water partition coefficient (Wildman–Crippen LogP) is 5.68. The van der Waals surface area contributed by atoms with Crippen molar-refractivity contribution in [3.05, 3.63) is 74.1 Å². The van der Waals surface area contributed by atoms with Crippen molar-refractivity contribution in [2.45, 2.75) is 63.7 Å². The second-order valence-electron chi connectivity index (χ2n) is 7.99. The van der Waals surface area contributed by atoms with Gasteiger partial charge in [0.1, 0.15) is 4.90 Å². The van der Waals surface area contributed by atoms with Crippen molar-refractivity contribution < 1.29 is 21.9 Å². The first-order valence-corrected chi connectivity index (χ1v) is 12.4. The summed E-state index contributed by atoms with van der Waals surface area (Å²) in [6.45, 7) is 3.78. The fourth-order valence-corrected chi connectivity index (χ4v) is 4.63. The number of nitro groups is 1. The van der Waals surface area contributed by atoms with Crippen molar-refractivity contribution in [2.75, 3.05) is 0 Å². The third-order valence-corrected chi connectivity index (χ3v) is 6.72. The van der Waals surface area contributed by atoms with Crippen LogP contribution in [0.4, 0.5) is 5.69 Å². The van der Waals surface area contributed by atoms with E-state index in [1.54, 1.807) is 19.1 Å². The first-order chi connectivity index (χ1) is 15.7. The number of aryl methyl sites for hydroxylation is 2. The molecule has 0 spiro atoms. The molecule has 0 bridgehead atoms. The quantitative estimate of drug-likeness (QED) is 0.116. The summed E-state index contributed by atoms with van der Waals surface area (Å²) in [5.74, 6) is -0.516. The summed E-state index contributed by atoms with van der Waals surface area (Å²) in [6, 6.07) is 10.1. The fourth-order valence-electron chi connectivity index (χ4n) is 3.69. The summed E-state index contributed by atoms with van der Waals surface area (Å²) in [5.41, 5.74) is -0.328. The number of nitro benzene ring substituents is 1. The van der Waals surface area contributed by atoms with E-state index in [2.05, 4.69) is 6.92 Å². The molecule has 33 heavy (non-hydrogen) atoms. The van der Waals surface area contributed by atoms with Gasteiger partial charge < -0.3 is 8.60 Å². The molecule has 0 amide bonds. The number of fused-ring (bicyclic) bond motifs is 1. The zero-order valence-corrected chi connectivity index (χ0v) is 19.5. The van der Waals surface area contributed by atoms with Crippen LogP contribution in [0.15, 0.2) is 56.6 Å². The normalized spacial score (nSPS) is 11.6. The van der Waals surface area contributed by atoms with Gasteiger partial charge in [-0.25, -0.2) is 4.79 Å². The molecule has 0 aliphatic rings. The van der Waals surface area contributed by atoms with Crippen LogP contribution in [0.25, 0.3) is 11.0 Å². The maximum atomic E-state index is 12.8. The molecule has 0 saturated heterocycles. The summed E-state index contributed by atoms with van der Waals surface area (Å²) in [7, 11) is -4.33. The molecule has 0 aliphatic carbocycles. The molecule has 8 nitrogen and oxygen atoms in total. The van der Waals surface area contributed by atoms with Crippen molar-refractivity contribution in [3.8, 4) is 5.75 Å². The molecule has 2 aromatic carbocycles. The van der Waals surface area contributed by atoms with Gasteiger partial charge in [0, 0.05) is 11.5 Å². The first kappa shape index (κ1) is 24.4. The number of hydrogen-bond acceptors (Lipinski definition) is 7. The molecule has 0 fully saturated rings. The predicted molar refractivity (Wildman–Crippen MR) is 125 cm³/mol. The minimum absolute atomic E-state index is 0.116. The van der Waals surface area contributed by atoms with E-state index in [4.69, 9.17) is 8.60 Å². The minimum Gasteiger partial charge on any atom is -0.415 e. The molecule has 0 atom stereocenters. The van der Waals surface area contributed by atoms with Gasteiger partial charge in [-0.3, -0.25) is 10.1 Å². The summed E-state index contributed by atoms with van der Waals surface area (Å²) >= 11 is 0. The highest BCUT2D eigenvalue weighted by atomic mass is 32.2. The Bertz CT molecular complexity index is 1290. The molecule has 3 rings (SSSR count). The van der Waals surface area contributed by atoms with Gasteiger partial charge in [-0.1, -0.05) is 51.2 Å². The largest absolute Gasteiger partial charge is 0.415 e. The van der Waals surface area contributed by atoms with Crippen LogP contribution in [0.3, 0.4) is 0 Å². The van der Waals surface area contributed by atoms with Gasteiger partial charge in [0.15, 0.2) is 0 Å². The van der Waals surface area contributed by atoms with Crippen molar-refractivity contribution >= 4 is 26.8 Å². The van der Waals surface area contributed by atoms with E-state index >= 15 is 0 Å². The first-order valence-electron chi connectivity index (χ1n) is 11.0. The van der Waals surface area contributed by atoms with E-state index in [0.717, 1.165) is 24.8 Å². The van der Waals surface area contributed by atoms with Gasteiger partial charge >= 0.3 is 21.4 Å². The Morgan fingerprint density at radius 2 is 1.67 bits per heavy atom. The van der Waals surface area contributed by atoms with Crippen molar-refractivity contribution in [3.63, 3.8) is 0 Å². The number of benzene rings is 2. The molecular weight excluding hydrogens is 446 g/mol. The van der Waals surface area contributed by atoms with Crippen LogP contribution in [-0.2, 0) is 16.5 Å². The zero-order valence-electron chi connectivity index (χ0n) is 18.7. The van der Waals surface area contributed by atoms with Gasteiger partial charge in [0.2, 0.25) is 11.3 Å². The van der Waals surface area contributed by atoms with Crippen LogP contribution in [0.5, 0.6) is 5.75 Å². The standard InChI is InChI=1S/C24H27NO7S/c1-3-4-5-6-7-8-9-18-10-12-19(13-11-18)33(29,30)32-21-15-14-20-17(2)16-22(26)31-24(20)23(21)25(27)28/h10-16H,3-9H2,1-2H3. The van der Waals surface area contributed by atoms with Crippen molar-refractivity contribution in [1.29, 1.82) is 0 Å². The van der Waals surface area contributed by atoms with Crippen LogP contribution in [0.1, 0.15) is 56.6 Å². The molecular formula is C24H27NO7S. The van der Waals surface area contributed by atoms with Gasteiger partial charge in [-0.05, 0) is 55.2 Å². The lowest BCUT2D eigenvalue weighted by Crippen LogP contribution is -2.11. The Morgan fingerprint density at radius 1 is 1.00 bits per heavy atom. The minimum atomic E-state index is -4.33. The van der Waals surface area contributed by atoms with E-state index in [9.17, 15) is 23.3 Å². The molecule has 0 aliphatic heterocycles. The summed E-state index contributed by atoms with van der Waals surface area (Å²) in [4.78, 5) is 22.5. The molecule has 176 valence electrons. The average molecular weight is 474 g/mol. The Kier molecular flexibility index (Phi) is 7.86. The highest BCUT2D eigenvalue weighted by Gasteiger charge is 2.28. The molecule has 3 aromatic rings. The number of unbranched alkanes of at least 4 members (excludes halogenated alkanes) is 5. The molecule has 9 heteroatoms. The average Bonchev–Trinajstić information content (AvgIpc) is 2.75. The lowest BCUT2D eigenvalue weighted by atomic mass is 10.1. The summed E-state index contributed by atoms with van der Waals surface area (Å²) < 4.78 is 35.7. The third kappa shape index (κ3) is 5.98. The molecule has 0 radical (unpaired) electrons. The Balaban J connectivity index is 1.80. The van der Waals surface area contributed by atoms with E-state index in [0.29, 0.717) is 10.9 Å². The summed E-state index contributed by atoms with van der Waals surface area (Å²) in [5, 5.41) is 12.0. The second kappa shape index (κ2) is 10.6. The van der Waals surface area contributed by atoms with Gasteiger partial charge in [0.05, 0.1) is 4.92 Å². The van der Waals surface area contributed by atoms with E-state index < -0.39 is 32.1 Å². The SMILES string of the molecule is CCCCCCCCc1ccc(S(=O)(=O)Oc2ccc3c(C)cc(=O)oc3c2[N+](=O)[O-])cc1. The smallest absolute Gasteiger partial charge is 0.355 e. The van der Waals surface area contributed by atoms with Crippen LogP contribution in [0, 0.1) is 17.0 Å². The maximum absolute atomic E-state index is 12.8. The van der Waals surface area contributed by atoms with Crippen LogP contribution in [0.2, 0.25) is 0 Å². The monoisotopic (exact) mass is 473 g/mol. The number of rotatable bonds is 11. The highest BCUT2D eigenvalue weighted by molar-refractivity contribution is 7.87. The fraction of sp³-hybridized carbons (Fsp3) is 0.375.